The first-order chi connectivity index (χ1) is 9.79. The zero-order valence-electron chi connectivity index (χ0n) is 12.6. The Morgan fingerprint density at radius 1 is 1.14 bits per heavy atom. The molecule has 5 heteroatoms. The van der Waals surface area contributed by atoms with Gasteiger partial charge in [-0.3, -0.25) is 0 Å². The van der Waals surface area contributed by atoms with Gasteiger partial charge in [0.1, 0.15) is 10.5 Å². The predicted octanol–water partition coefficient (Wildman–Crippen LogP) is 6.15. The van der Waals surface area contributed by atoms with E-state index >= 15 is 0 Å². The van der Waals surface area contributed by atoms with Gasteiger partial charge in [-0.25, -0.2) is 4.98 Å². The van der Waals surface area contributed by atoms with Gasteiger partial charge < -0.3 is 4.98 Å². The van der Waals surface area contributed by atoms with Gasteiger partial charge in [0.05, 0.1) is 4.47 Å². The van der Waals surface area contributed by atoms with Crippen molar-refractivity contribution in [3.8, 4) is 11.4 Å². The first-order valence-corrected chi connectivity index (χ1v) is 8.84. The van der Waals surface area contributed by atoms with Gasteiger partial charge in [0.25, 0.3) is 0 Å². The van der Waals surface area contributed by atoms with Crippen molar-refractivity contribution in [2.45, 2.75) is 34.1 Å². The number of aromatic nitrogens is 2. The van der Waals surface area contributed by atoms with Crippen LogP contribution in [0.5, 0.6) is 0 Å². The molecule has 0 unspecified atom stereocenters. The van der Waals surface area contributed by atoms with E-state index in [0.717, 1.165) is 32.4 Å². The van der Waals surface area contributed by atoms with Crippen molar-refractivity contribution in [1.29, 1.82) is 0 Å². The number of rotatable bonds is 3. The molecule has 112 valence electrons. The van der Waals surface area contributed by atoms with E-state index in [9.17, 15) is 0 Å². The van der Waals surface area contributed by atoms with Gasteiger partial charge in [-0.15, -0.1) is 0 Å². The van der Waals surface area contributed by atoms with Crippen LogP contribution in [0.1, 0.15) is 30.7 Å². The lowest BCUT2D eigenvalue weighted by atomic mass is 10.1. The van der Waals surface area contributed by atoms with Crippen LogP contribution in [0, 0.1) is 24.4 Å². The summed E-state index contributed by atoms with van der Waals surface area (Å²) in [6.07, 6.45) is 0.939. The van der Waals surface area contributed by atoms with Crippen molar-refractivity contribution in [3.63, 3.8) is 0 Å². The van der Waals surface area contributed by atoms with Crippen LogP contribution in [0.3, 0.4) is 0 Å². The molecule has 2 nitrogen and oxygen atoms in total. The Balaban J connectivity index is 2.59. The molecule has 0 aliphatic heterocycles. The number of aromatic amines is 1. The predicted molar refractivity (Wildman–Crippen MR) is 98.3 cm³/mol. The van der Waals surface area contributed by atoms with Gasteiger partial charge in [-0.2, -0.15) is 0 Å². The van der Waals surface area contributed by atoms with E-state index in [1.165, 1.54) is 11.1 Å². The molecule has 0 aliphatic carbocycles. The lowest BCUT2D eigenvalue weighted by Gasteiger charge is -2.12. The number of hydrogen-bond acceptors (Lipinski definition) is 2. The fourth-order valence-electron chi connectivity index (χ4n) is 2.27. The maximum Gasteiger partial charge on any atom is 0.144 e. The Morgan fingerprint density at radius 2 is 1.71 bits per heavy atom. The third-order valence-corrected chi connectivity index (χ3v) is 5.92. The molecule has 0 saturated heterocycles. The average Bonchev–Trinajstić information content (AvgIpc) is 2.39. The van der Waals surface area contributed by atoms with E-state index in [-0.39, 0.29) is 0 Å². The molecule has 0 radical (unpaired) electrons. The summed E-state index contributed by atoms with van der Waals surface area (Å²) < 4.78 is 2.66. The fraction of sp³-hybridized carbons (Fsp3) is 0.375. The minimum absolute atomic E-state index is 0.551. The highest BCUT2D eigenvalue weighted by Crippen LogP contribution is 2.28. The second kappa shape index (κ2) is 6.71. The normalized spacial score (nSPS) is 11.2. The Hall–Kier alpha value is -0.520. The quantitative estimate of drug-likeness (QED) is 0.593. The van der Waals surface area contributed by atoms with Crippen LogP contribution in [0.2, 0.25) is 0 Å². The van der Waals surface area contributed by atoms with Crippen LogP contribution in [0.25, 0.3) is 11.4 Å². The van der Waals surface area contributed by atoms with Crippen molar-refractivity contribution in [1.82, 2.24) is 9.97 Å². The first-order valence-electron chi connectivity index (χ1n) is 6.85. The monoisotopic (exact) mass is 428 g/mol. The minimum atomic E-state index is 0.551. The van der Waals surface area contributed by atoms with Crippen molar-refractivity contribution >= 4 is 44.1 Å². The minimum Gasteiger partial charge on any atom is -0.342 e. The number of nitrogens with one attached hydrogen (secondary N) is 1. The number of H-pyrrole nitrogens is 1. The highest BCUT2D eigenvalue weighted by Gasteiger charge is 2.11. The molecule has 1 heterocycles. The highest BCUT2D eigenvalue weighted by atomic mass is 79.9. The van der Waals surface area contributed by atoms with Gasteiger partial charge in [-0.1, -0.05) is 42.0 Å². The van der Waals surface area contributed by atoms with Gasteiger partial charge in [-0.05, 0) is 65.4 Å². The summed E-state index contributed by atoms with van der Waals surface area (Å²) in [5.74, 6) is 1.38. The van der Waals surface area contributed by atoms with Crippen LogP contribution in [-0.2, 0) is 6.42 Å². The van der Waals surface area contributed by atoms with E-state index in [1.54, 1.807) is 0 Å². The maximum atomic E-state index is 5.39. The van der Waals surface area contributed by atoms with Crippen LogP contribution in [0.4, 0.5) is 0 Å². The second-order valence-corrected chi connectivity index (χ2v) is 7.68. The van der Waals surface area contributed by atoms with Gasteiger partial charge in [0.15, 0.2) is 0 Å². The van der Waals surface area contributed by atoms with Crippen LogP contribution in [0.15, 0.2) is 21.1 Å². The zero-order chi connectivity index (χ0) is 15.7. The van der Waals surface area contributed by atoms with E-state index in [0.29, 0.717) is 10.6 Å². The van der Waals surface area contributed by atoms with Crippen LogP contribution < -0.4 is 0 Å². The Bertz CT molecular complexity index is 713. The smallest absolute Gasteiger partial charge is 0.144 e. The van der Waals surface area contributed by atoms with Gasteiger partial charge in [0, 0.05) is 15.7 Å². The molecule has 1 aromatic heterocycles. The van der Waals surface area contributed by atoms with Gasteiger partial charge >= 0.3 is 0 Å². The molecule has 1 aromatic carbocycles. The third-order valence-electron chi connectivity index (χ3n) is 3.26. The molecule has 0 saturated carbocycles. The number of hydrogen-bond donors (Lipinski definition) is 1. The first kappa shape index (κ1) is 16.8. The van der Waals surface area contributed by atoms with Crippen molar-refractivity contribution in [2.75, 3.05) is 0 Å². The Kier molecular flexibility index (Phi) is 5.38. The summed E-state index contributed by atoms with van der Waals surface area (Å²) in [6.45, 7) is 8.56. The zero-order valence-corrected chi connectivity index (χ0v) is 16.5. The fourth-order valence-corrected chi connectivity index (χ4v) is 3.07. The molecule has 1 N–H and O–H groups in total. The molecule has 0 fully saturated rings. The summed E-state index contributed by atoms with van der Waals surface area (Å²) in [5, 5.41) is 0. The molecule has 0 atom stereocenters. The molecular weight excluding hydrogens is 412 g/mol. The van der Waals surface area contributed by atoms with Crippen LogP contribution in [-0.4, -0.2) is 9.97 Å². The summed E-state index contributed by atoms with van der Waals surface area (Å²) in [4.78, 5) is 7.95. The molecule has 0 spiro atoms. The van der Waals surface area contributed by atoms with E-state index in [2.05, 4.69) is 81.7 Å². The SMILES string of the molecule is Cc1cc(-c2nc(=S)c(Br)c(CC(C)C)[nH]2)cc(C)c1Br. The maximum absolute atomic E-state index is 5.39. The Morgan fingerprint density at radius 3 is 2.24 bits per heavy atom. The topological polar surface area (TPSA) is 28.7 Å². The molecule has 0 bridgehead atoms. The Labute approximate surface area is 147 Å². The molecule has 0 aliphatic rings. The van der Waals surface area contributed by atoms with E-state index in [4.69, 9.17) is 12.2 Å². The summed E-state index contributed by atoms with van der Waals surface area (Å²) >= 11 is 12.5. The molecule has 2 rings (SSSR count). The molecule has 21 heavy (non-hydrogen) atoms. The molecular formula is C16H18Br2N2S. The van der Waals surface area contributed by atoms with Crippen LogP contribution >= 0.6 is 44.1 Å². The lowest BCUT2D eigenvalue weighted by molar-refractivity contribution is 0.632. The van der Waals surface area contributed by atoms with Crippen molar-refractivity contribution in [3.05, 3.63) is 42.5 Å². The van der Waals surface area contributed by atoms with Gasteiger partial charge in [0.2, 0.25) is 0 Å². The summed E-state index contributed by atoms with van der Waals surface area (Å²) in [6, 6.07) is 4.25. The third kappa shape index (κ3) is 3.82. The van der Waals surface area contributed by atoms with Crippen molar-refractivity contribution < 1.29 is 0 Å². The number of nitrogens with zero attached hydrogens (tertiary/aromatic N) is 1. The second-order valence-electron chi connectivity index (χ2n) is 5.71. The highest BCUT2D eigenvalue weighted by molar-refractivity contribution is 9.10. The average molecular weight is 430 g/mol. The van der Waals surface area contributed by atoms with Crippen molar-refractivity contribution in [2.24, 2.45) is 5.92 Å². The number of benzene rings is 1. The molecule has 0 amide bonds. The number of halogens is 2. The van der Waals surface area contributed by atoms with E-state index in [1.807, 2.05) is 0 Å². The summed E-state index contributed by atoms with van der Waals surface area (Å²) in [5.41, 5.74) is 4.56. The standard InChI is InChI=1S/C16H18Br2N2S/c1-8(2)5-12-14(18)16(21)20-15(19-12)11-6-9(3)13(17)10(4)7-11/h6-8H,5H2,1-4H3,(H,19,20,21). The summed E-state index contributed by atoms with van der Waals surface area (Å²) in [7, 11) is 0. The molecule has 2 aromatic rings. The number of aryl methyl sites for hydroxylation is 2. The van der Waals surface area contributed by atoms with E-state index < -0.39 is 0 Å². The largest absolute Gasteiger partial charge is 0.342 e. The lowest BCUT2D eigenvalue weighted by Crippen LogP contribution is -2.03.